The molecule has 1 amide bonds. The molecule has 0 radical (unpaired) electrons. The van der Waals surface area contributed by atoms with Crippen LogP contribution in [0.1, 0.15) is 24.8 Å². The van der Waals surface area contributed by atoms with Crippen LogP contribution < -0.4 is 10.1 Å². The number of hydrogen-bond acceptors (Lipinski definition) is 3. The summed E-state index contributed by atoms with van der Waals surface area (Å²) in [5.74, 6) is 1.04. The number of carbonyl (C=O) groups excluding carboxylic acids is 1. The van der Waals surface area contributed by atoms with Gasteiger partial charge in [-0.1, -0.05) is 11.6 Å². The van der Waals surface area contributed by atoms with E-state index in [0.717, 1.165) is 43.8 Å². The van der Waals surface area contributed by atoms with Gasteiger partial charge in [-0.15, -0.1) is 0 Å². The van der Waals surface area contributed by atoms with E-state index in [2.05, 4.69) is 5.32 Å². The Bertz CT molecular complexity index is 541. The lowest BCUT2D eigenvalue weighted by Gasteiger charge is -2.33. The molecule has 2 aliphatic heterocycles. The molecule has 1 N–H and O–H groups in total. The van der Waals surface area contributed by atoms with Crippen LogP contribution in [0.25, 0.3) is 0 Å². The number of nitrogens with one attached hydrogen (secondary N) is 1. The first-order valence-electron chi connectivity index (χ1n) is 7.43. The summed E-state index contributed by atoms with van der Waals surface area (Å²) in [4.78, 5) is 14.3. The third kappa shape index (κ3) is 3.01. The Morgan fingerprint density at radius 1 is 1.38 bits per heavy atom. The second-order valence-corrected chi connectivity index (χ2v) is 6.57. The second-order valence-electron chi connectivity index (χ2n) is 6.13. The van der Waals surface area contributed by atoms with Gasteiger partial charge in [0, 0.05) is 30.1 Å². The minimum Gasteiger partial charge on any atom is -0.496 e. The van der Waals surface area contributed by atoms with Crippen LogP contribution in [0.15, 0.2) is 18.2 Å². The lowest BCUT2D eigenvalue weighted by atomic mass is 9.78. The molecule has 4 nitrogen and oxygen atoms in total. The molecule has 1 spiro atoms. The summed E-state index contributed by atoms with van der Waals surface area (Å²) in [6.45, 7) is 3.46. The van der Waals surface area contributed by atoms with Crippen molar-refractivity contribution in [2.75, 3.05) is 26.7 Å². The van der Waals surface area contributed by atoms with Gasteiger partial charge in [-0.25, -0.2) is 0 Å². The van der Waals surface area contributed by atoms with E-state index in [0.29, 0.717) is 18.0 Å². The molecular weight excluding hydrogens is 288 g/mol. The van der Waals surface area contributed by atoms with Gasteiger partial charge >= 0.3 is 0 Å². The van der Waals surface area contributed by atoms with E-state index < -0.39 is 0 Å². The van der Waals surface area contributed by atoms with Crippen molar-refractivity contribution in [3.8, 4) is 5.75 Å². The van der Waals surface area contributed by atoms with Crippen LogP contribution in [0.4, 0.5) is 0 Å². The molecule has 0 aliphatic carbocycles. The number of likely N-dealkylation sites (tertiary alicyclic amines) is 1. The Morgan fingerprint density at radius 2 is 2.14 bits per heavy atom. The number of hydrogen-bond donors (Lipinski definition) is 1. The van der Waals surface area contributed by atoms with Gasteiger partial charge in [0.2, 0.25) is 5.91 Å². The summed E-state index contributed by atoms with van der Waals surface area (Å²) >= 11 is 6.07. The number of nitrogens with zero attached hydrogens (tertiary/aromatic N) is 1. The van der Waals surface area contributed by atoms with E-state index >= 15 is 0 Å². The Balaban J connectivity index is 1.76. The largest absolute Gasteiger partial charge is 0.496 e. The molecule has 0 atom stereocenters. The summed E-state index contributed by atoms with van der Waals surface area (Å²) in [7, 11) is 1.65. The average molecular weight is 309 g/mol. The lowest BCUT2D eigenvalue weighted by molar-refractivity contribution is -0.128. The molecule has 0 aromatic heterocycles. The molecule has 2 aliphatic rings. The van der Waals surface area contributed by atoms with Crippen molar-refractivity contribution in [1.82, 2.24) is 10.2 Å². The van der Waals surface area contributed by atoms with Gasteiger partial charge in [-0.2, -0.15) is 0 Å². The first-order chi connectivity index (χ1) is 10.1. The fraction of sp³-hybridized carbons (Fsp3) is 0.562. The van der Waals surface area contributed by atoms with Gasteiger partial charge in [-0.05, 0) is 49.5 Å². The van der Waals surface area contributed by atoms with Crippen LogP contribution in [0.2, 0.25) is 5.02 Å². The average Bonchev–Trinajstić information content (AvgIpc) is 2.75. The Morgan fingerprint density at radius 3 is 2.86 bits per heavy atom. The zero-order valence-electron chi connectivity index (χ0n) is 12.3. The van der Waals surface area contributed by atoms with Crippen LogP contribution in [-0.2, 0) is 11.3 Å². The van der Waals surface area contributed by atoms with Crippen molar-refractivity contribution in [3.63, 3.8) is 0 Å². The van der Waals surface area contributed by atoms with Gasteiger partial charge in [0.15, 0.2) is 0 Å². The Labute approximate surface area is 130 Å². The number of halogens is 1. The fourth-order valence-electron chi connectivity index (χ4n) is 3.49. The third-order valence-corrected chi connectivity index (χ3v) is 4.91. The molecular formula is C16H21ClN2O2. The van der Waals surface area contributed by atoms with E-state index in [-0.39, 0.29) is 11.3 Å². The zero-order valence-corrected chi connectivity index (χ0v) is 13.1. The second kappa shape index (κ2) is 5.85. The summed E-state index contributed by atoms with van der Waals surface area (Å²) in [6, 6.07) is 5.56. The number of carbonyl (C=O) groups is 1. The van der Waals surface area contributed by atoms with Gasteiger partial charge in [0.1, 0.15) is 5.75 Å². The summed E-state index contributed by atoms with van der Waals surface area (Å²) < 4.78 is 5.38. The highest BCUT2D eigenvalue weighted by atomic mass is 35.5. The Hall–Kier alpha value is -1.26. The molecule has 5 heteroatoms. The van der Waals surface area contributed by atoms with Crippen molar-refractivity contribution in [1.29, 1.82) is 0 Å². The highest BCUT2D eigenvalue weighted by Crippen LogP contribution is 2.40. The predicted octanol–water partition coefficient (Wildman–Crippen LogP) is 2.45. The number of benzene rings is 1. The van der Waals surface area contributed by atoms with Crippen LogP contribution in [0, 0.1) is 5.41 Å². The molecule has 2 fully saturated rings. The first-order valence-corrected chi connectivity index (χ1v) is 7.81. The molecule has 3 rings (SSSR count). The van der Waals surface area contributed by atoms with Crippen molar-refractivity contribution in [2.45, 2.75) is 25.8 Å². The predicted molar refractivity (Wildman–Crippen MR) is 82.6 cm³/mol. The number of piperidine rings is 1. The van der Waals surface area contributed by atoms with Crippen molar-refractivity contribution in [3.05, 3.63) is 28.8 Å². The highest BCUT2D eigenvalue weighted by Gasteiger charge is 2.43. The van der Waals surface area contributed by atoms with Crippen LogP contribution in [0.5, 0.6) is 5.75 Å². The third-order valence-electron chi connectivity index (χ3n) is 4.67. The van der Waals surface area contributed by atoms with Gasteiger partial charge in [0.25, 0.3) is 0 Å². The van der Waals surface area contributed by atoms with E-state index in [1.807, 2.05) is 23.1 Å². The van der Waals surface area contributed by atoms with E-state index in [1.165, 1.54) is 0 Å². The Kier molecular flexibility index (Phi) is 4.09. The minimum atomic E-state index is 0.175. The normalized spacial score (nSPS) is 21.0. The number of rotatable bonds is 3. The van der Waals surface area contributed by atoms with Gasteiger partial charge < -0.3 is 15.0 Å². The van der Waals surface area contributed by atoms with Gasteiger partial charge in [0.05, 0.1) is 7.11 Å². The number of amides is 1. The molecule has 0 bridgehead atoms. The molecule has 2 saturated heterocycles. The number of methoxy groups -OCH3 is 1. The fourth-order valence-corrected chi connectivity index (χ4v) is 3.69. The van der Waals surface area contributed by atoms with E-state index in [1.54, 1.807) is 7.11 Å². The molecule has 0 saturated carbocycles. The standard InChI is InChI=1S/C16H21ClN2O2/c1-21-14-3-2-13(17)8-12(14)10-19-11-16(9-15(19)20)4-6-18-7-5-16/h2-3,8,18H,4-7,9-11H2,1H3. The topological polar surface area (TPSA) is 41.6 Å². The maximum absolute atomic E-state index is 12.4. The smallest absolute Gasteiger partial charge is 0.223 e. The van der Waals surface area contributed by atoms with Crippen molar-refractivity contribution < 1.29 is 9.53 Å². The van der Waals surface area contributed by atoms with Crippen molar-refractivity contribution >= 4 is 17.5 Å². The van der Waals surface area contributed by atoms with Crippen molar-refractivity contribution in [2.24, 2.45) is 5.41 Å². The maximum atomic E-state index is 12.4. The highest BCUT2D eigenvalue weighted by molar-refractivity contribution is 6.30. The first kappa shape index (κ1) is 14.7. The van der Waals surface area contributed by atoms with Crippen LogP contribution >= 0.6 is 11.6 Å². The summed E-state index contributed by atoms with van der Waals surface area (Å²) in [5, 5.41) is 4.05. The molecule has 21 heavy (non-hydrogen) atoms. The number of ether oxygens (including phenoxy) is 1. The van der Waals surface area contributed by atoms with E-state index in [4.69, 9.17) is 16.3 Å². The summed E-state index contributed by atoms with van der Waals surface area (Å²) in [6.07, 6.45) is 2.85. The minimum absolute atomic E-state index is 0.175. The quantitative estimate of drug-likeness (QED) is 0.932. The van der Waals surface area contributed by atoms with Crippen LogP contribution in [0.3, 0.4) is 0 Å². The van der Waals surface area contributed by atoms with E-state index in [9.17, 15) is 4.79 Å². The molecule has 2 heterocycles. The molecule has 1 aromatic rings. The SMILES string of the molecule is COc1ccc(Cl)cc1CN1CC2(CCNCC2)CC1=O. The zero-order chi connectivity index (χ0) is 14.9. The molecule has 1 aromatic carbocycles. The summed E-state index contributed by atoms with van der Waals surface area (Å²) in [5.41, 5.74) is 1.15. The van der Waals surface area contributed by atoms with Gasteiger partial charge in [-0.3, -0.25) is 4.79 Å². The molecule has 114 valence electrons. The lowest BCUT2D eigenvalue weighted by Crippen LogP contribution is -2.38. The van der Waals surface area contributed by atoms with Crippen LogP contribution in [-0.4, -0.2) is 37.6 Å². The monoisotopic (exact) mass is 308 g/mol. The molecule has 0 unspecified atom stereocenters. The maximum Gasteiger partial charge on any atom is 0.223 e.